The summed E-state index contributed by atoms with van der Waals surface area (Å²) >= 11 is 0. The van der Waals surface area contributed by atoms with Crippen LogP contribution in [-0.2, 0) is 21.5 Å². The molecular formula is C33H28O5P2. The Morgan fingerprint density at radius 1 is 0.500 bits per heavy atom. The van der Waals surface area contributed by atoms with Gasteiger partial charge in [0.1, 0.15) is 17.2 Å². The SMILES string of the molecule is C.O=P1(Cc2cccc(CP3(=O)Oc4ccccc4-c4ccccc43)c2O)Oc2ccccc2-c2ccccc21. The molecule has 0 spiro atoms. The summed E-state index contributed by atoms with van der Waals surface area (Å²) < 4.78 is 41.1. The van der Waals surface area contributed by atoms with Gasteiger partial charge in [-0.3, -0.25) is 9.13 Å². The second kappa shape index (κ2) is 9.86. The predicted octanol–water partition coefficient (Wildman–Crippen LogP) is 8.35. The minimum Gasteiger partial charge on any atom is -0.507 e. The molecule has 0 aliphatic carbocycles. The van der Waals surface area contributed by atoms with Crippen molar-refractivity contribution in [3.8, 4) is 39.5 Å². The van der Waals surface area contributed by atoms with Gasteiger partial charge in [0.05, 0.1) is 22.9 Å². The summed E-state index contributed by atoms with van der Waals surface area (Å²) in [5.74, 6) is 1.08. The van der Waals surface area contributed by atoms with E-state index in [0.29, 0.717) is 33.2 Å². The Balaban J connectivity index is 0.00000289. The van der Waals surface area contributed by atoms with Crippen LogP contribution in [0.25, 0.3) is 22.3 Å². The Kier molecular flexibility index (Phi) is 6.45. The van der Waals surface area contributed by atoms with Gasteiger partial charge in [-0.05, 0) is 35.4 Å². The number of phenols is 1. The first-order valence-electron chi connectivity index (χ1n) is 12.7. The van der Waals surface area contributed by atoms with Gasteiger partial charge in [0.25, 0.3) is 14.7 Å². The van der Waals surface area contributed by atoms with Gasteiger partial charge in [-0.25, -0.2) is 0 Å². The summed E-state index contributed by atoms with van der Waals surface area (Å²) in [5, 5.41) is 12.7. The molecular weight excluding hydrogens is 538 g/mol. The summed E-state index contributed by atoms with van der Waals surface area (Å²) in [6.07, 6.45) is 0.00516. The molecule has 0 amide bonds. The van der Waals surface area contributed by atoms with E-state index in [0.717, 1.165) is 22.3 Å². The van der Waals surface area contributed by atoms with Gasteiger partial charge in [0, 0.05) is 22.3 Å². The van der Waals surface area contributed by atoms with Crippen LogP contribution in [0.2, 0.25) is 0 Å². The molecule has 0 saturated carbocycles. The third kappa shape index (κ3) is 4.18. The predicted molar refractivity (Wildman–Crippen MR) is 162 cm³/mol. The molecule has 2 aliphatic rings. The summed E-state index contributed by atoms with van der Waals surface area (Å²) in [5.41, 5.74) is 4.47. The van der Waals surface area contributed by atoms with Crippen molar-refractivity contribution < 1.29 is 23.3 Å². The molecule has 5 nitrogen and oxygen atoms in total. The van der Waals surface area contributed by atoms with Gasteiger partial charge >= 0.3 is 0 Å². The maximum atomic E-state index is 14.4. The molecule has 0 bridgehead atoms. The fourth-order valence-electron chi connectivity index (χ4n) is 5.53. The number of benzene rings is 5. The molecule has 7 rings (SSSR count). The Bertz CT molecular complexity index is 1730. The maximum Gasteiger partial charge on any atom is 0.282 e. The minimum atomic E-state index is -3.42. The lowest BCUT2D eigenvalue weighted by molar-refractivity contribution is 0.457. The highest BCUT2D eigenvalue weighted by atomic mass is 31.2. The van der Waals surface area contributed by atoms with Crippen LogP contribution in [0, 0.1) is 0 Å². The molecule has 200 valence electrons. The highest BCUT2D eigenvalue weighted by Gasteiger charge is 2.39. The van der Waals surface area contributed by atoms with Crippen LogP contribution < -0.4 is 19.7 Å². The van der Waals surface area contributed by atoms with Crippen molar-refractivity contribution in [3.63, 3.8) is 0 Å². The monoisotopic (exact) mass is 566 g/mol. The average Bonchev–Trinajstić information content (AvgIpc) is 2.96. The highest BCUT2D eigenvalue weighted by Crippen LogP contribution is 2.59. The molecule has 0 aromatic heterocycles. The molecule has 5 aromatic rings. The molecule has 40 heavy (non-hydrogen) atoms. The molecule has 5 aromatic carbocycles. The maximum absolute atomic E-state index is 14.4. The van der Waals surface area contributed by atoms with E-state index in [-0.39, 0.29) is 25.5 Å². The van der Waals surface area contributed by atoms with Crippen LogP contribution in [-0.4, -0.2) is 5.11 Å². The molecule has 2 unspecified atom stereocenters. The largest absolute Gasteiger partial charge is 0.507 e. The first kappa shape index (κ1) is 26.2. The van der Waals surface area contributed by atoms with Crippen LogP contribution >= 0.6 is 14.7 Å². The number of fused-ring (bicyclic) bond motifs is 6. The summed E-state index contributed by atoms with van der Waals surface area (Å²) in [7, 11) is -6.84. The lowest BCUT2D eigenvalue weighted by Crippen LogP contribution is -2.19. The quantitative estimate of drug-likeness (QED) is 0.221. The Morgan fingerprint density at radius 3 is 1.32 bits per heavy atom. The van der Waals surface area contributed by atoms with Gasteiger partial charge in [0.15, 0.2) is 0 Å². The first-order chi connectivity index (χ1) is 19.0. The van der Waals surface area contributed by atoms with E-state index in [9.17, 15) is 14.2 Å². The number of aromatic hydroxyl groups is 1. The zero-order valence-corrected chi connectivity index (χ0v) is 22.6. The third-order valence-corrected chi connectivity index (χ3v) is 12.1. The van der Waals surface area contributed by atoms with Crippen molar-refractivity contribution in [2.75, 3.05) is 0 Å². The van der Waals surface area contributed by atoms with E-state index in [4.69, 9.17) is 9.05 Å². The van der Waals surface area contributed by atoms with E-state index in [2.05, 4.69) is 0 Å². The topological polar surface area (TPSA) is 72.8 Å². The van der Waals surface area contributed by atoms with Gasteiger partial charge in [0.2, 0.25) is 0 Å². The van der Waals surface area contributed by atoms with Gasteiger partial charge < -0.3 is 14.2 Å². The number of para-hydroxylation sites is 3. The molecule has 2 heterocycles. The van der Waals surface area contributed by atoms with Crippen LogP contribution in [0.5, 0.6) is 17.2 Å². The Hall–Kier alpha value is -4.04. The molecule has 1 N–H and O–H groups in total. The minimum absolute atomic E-state index is 0. The summed E-state index contributed by atoms with van der Waals surface area (Å²) in [6, 6.07) is 35.4. The number of hydrogen-bond acceptors (Lipinski definition) is 5. The third-order valence-electron chi connectivity index (χ3n) is 7.35. The number of phenolic OH excluding ortho intramolecular Hbond substituents is 1. The fourth-order valence-corrected chi connectivity index (χ4v) is 10.3. The van der Waals surface area contributed by atoms with Crippen molar-refractivity contribution in [2.45, 2.75) is 19.8 Å². The second-order valence-corrected chi connectivity index (χ2v) is 14.5. The highest BCUT2D eigenvalue weighted by molar-refractivity contribution is 7.67. The summed E-state index contributed by atoms with van der Waals surface area (Å²) in [6.45, 7) is 0. The van der Waals surface area contributed by atoms with Crippen LogP contribution in [0.4, 0.5) is 0 Å². The van der Waals surface area contributed by atoms with E-state index in [1.54, 1.807) is 18.2 Å². The second-order valence-electron chi connectivity index (χ2n) is 9.80. The van der Waals surface area contributed by atoms with Gasteiger partial charge in [-0.1, -0.05) is 98.4 Å². The molecule has 0 saturated heterocycles. The first-order valence-corrected chi connectivity index (χ1v) is 16.3. The van der Waals surface area contributed by atoms with Crippen molar-refractivity contribution >= 4 is 25.3 Å². The van der Waals surface area contributed by atoms with Gasteiger partial charge in [-0.15, -0.1) is 0 Å². The molecule has 0 fully saturated rings. The Labute approximate surface area is 234 Å². The molecule has 0 radical (unpaired) electrons. The zero-order valence-electron chi connectivity index (χ0n) is 20.9. The lowest BCUT2D eigenvalue weighted by atomic mass is 10.0. The molecule has 7 heteroatoms. The Morgan fingerprint density at radius 2 is 0.875 bits per heavy atom. The zero-order chi connectivity index (χ0) is 26.6. The van der Waals surface area contributed by atoms with E-state index >= 15 is 0 Å². The standard InChI is InChI=1S/C32H24O5P2.CH4/c33-32-22(20-38(34)30-18-7-3-14-26(30)24-12-1-5-16-28(24)36-38)10-9-11-23(32)21-39(35)31-19-8-4-15-27(31)25-13-2-6-17-29(25)37-39;/h1-19,33H,20-21H2;1H4. The van der Waals surface area contributed by atoms with Crippen LogP contribution in [0.3, 0.4) is 0 Å². The summed E-state index contributed by atoms with van der Waals surface area (Å²) in [4.78, 5) is 0. The van der Waals surface area contributed by atoms with Crippen LogP contribution in [0.1, 0.15) is 18.6 Å². The molecule has 2 atom stereocenters. The van der Waals surface area contributed by atoms with Crippen molar-refractivity contribution in [1.82, 2.24) is 0 Å². The normalized spacial score (nSPS) is 19.9. The van der Waals surface area contributed by atoms with Crippen molar-refractivity contribution in [2.24, 2.45) is 0 Å². The van der Waals surface area contributed by atoms with Gasteiger partial charge in [-0.2, -0.15) is 0 Å². The van der Waals surface area contributed by atoms with E-state index in [1.807, 2.05) is 97.1 Å². The molecule has 2 aliphatic heterocycles. The van der Waals surface area contributed by atoms with E-state index < -0.39 is 14.7 Å². The lowest BCUT2D eigenvalue weighted by Gasteiger charge is -2.30. The van der Waals surface area contributed by atoms with Crippen molar-refractivity contribution in [3.05, 3.63) is 126 Å². The fraction of sp³-hybridized carbons (Fsp3) is 0.0909. The average molecular weight is 567 g/mol. The van der Waals surface area contributed by atoms with Crippen molar-refractivity contribution in [1.29, 1.82) is 0 Å². The van der Waals surface area contributed by atoms with E-state index in [1.165, 1.54) is 0 Å². The van der Waals surface area contributed by atoms with Crippen LogP contribution in [0.15, 0.2) is 115 Å². The number of hydrogen-bond donors (Lipinski definition) is 1. The smallest absolute Gasteiger partial charge is 0.282 e. The number of rotatable bonds is 4.